The normalized spacial score (nSPS) is 10.3. The van der Waals surface area contributed by atoms with Crippen molar-refractivity contribution >= 4 is 17.2 Å². The number of benzene rings is 2. The molecule has 0 bridgehead atoms. The van der Waals surface area contributed by atoms with Gasteiger partial charge in [0.15, 0.2) is 5.84 Å². The highest BCUT2D eigenvalue weighted by Crippen LogP contribution is 2.24. The average molecular weight is 318 g/mol. The third kappa shape index (κ3) is 4.33. The van der Waals surface area contributed by atoms with Crippen molar-refractivity contribution in [3.63, 3.8) is 0 Å². The highest BCUT2D eigenvalue weighted by molar-refractivity contribution is 6.45. The van der Waals surface area contributed by atoms with E-state index in [0.29, 0.717) is 23.6 Å². The van der Waals surface area contributed by atoms with Gasteiger partial charge < -0.3 is 10.5 Å². The molecule has 0 spiro atoms. The van der Waals surface area contributed by atoms with E-state index in [-0.39, 0.29) is 5.71 Å². The van der Waals surface area contributed by atoms with Crippen molar-refractivity contribution in [1.29, 1.82) is 15.9 Å². The van der Waals surface area contributed by atoms with Crippen LogP contribution < -0.4 is 15.9 Å². The second-order valence-corrected chi connectivity index (χ2v) is 4.69. The Morgan fingerprint density at radius 1 is 1.21 bits per heavy atom. The standard InChI is InChI=1S/C17H14N6O/c18-9-13-6-7-14(22-23-15(10-19)17(20)21)8-16(13)24-11-12-4-2-1-3-5-12/h1-8,22H,11H2,(H3,20,21)/b23-15+. The van der Waals surface area contributed by atoms with Crippen molar-refractivity contribution < 1.29 is 4.74 Å². The van der Waals surface area contributed by atoms with Crippen molar-refractivity contribution in [2.24, 2.45) is 10.8 Å². The zero-order valence-corrected chi connectivity index (χ0v) is 12.7. The topological polar surface area (TPSA) is 131 Å². The van der Waals surface area contributed by atoms with E-state index in [9.17, 15) is 0 Å². The zero-order valence-electron chi connectivity index (χ0n) is 12.7. The Balaban J connectivity index is 2.17. The molecule has 0 aliphatic rings. The van der Waals surface area contributed by atoms with Crippen LogP contribution in [0.3, 0.4) is 0 Å². The number of rotatable bonds is 6. The first-order chi connectivity index (χ1) is 11.6. The van der Waals surface area contributed by atoms with E-state index in [0.717, 1.165) is 5.56 Å². The highest BCUT2D eigenvalue weighted by Gasteiger charge is 2.06. The molecule has 2 aromatic rings. The van der Waals surface area contributed by atoms with Crippen molar-refractivity contribution in [3.8, 4) is 17.9 Å². The summed E-state index contributed by atoms with van der Waals surface area (Å²) < 4.78 is 5.69. The third-order valence-electron chi connectivity index (χ3n) is 3.00. The van der Waals surface area contributed by atoms with Crippen molar-refractivity contribution in [2.75, 3.05) is 5.43 Å². The zero-order chi connectivity index (χ0) is 17.4. The number of nitrogens with one attached hydrogen (secondary N) is 2. The van der Waals surface area contributed by atoms with E-state index in [1.165, 1.54) is 0 Å². The number of ether oxygens (including phenoxy) is 1. The van der Waals surface area contributed by atoms with Crippen LogP contribution in [-0.2, 0) is 6.61 Å². The summed E-state index contributed by atoms with van der Waals surface area (Å²) in [4.78, 5) is 0. The van der Waals surface area contributed by atoms with Crippen LogP contribution in [-0.4, -0.2) is 11.5 Å². The second-order valence-electron chi connectivity index (χ2n) is 4.69. The lowest BCUT2D eigenvalue weighted by molar-refractivity contribution is 0.305. The molecule has 0 fully saturated rings. The van der Waals surface area contributed by atoms with Gasteiger partial charge in [-0.25, -0.2) is 0 Å². The Morgan fingerprint density at radius 3 is 2.58 bits per heavy atom. The van der Waals surface area contributed by atoms with Gasteiger partial charge in [0.1, 0.15) is 24.5 Å². The molecule has 118 valence electrons. The fraction of sp³-hybridized carbons (Fsp3) is 0.0588. The molecule has 0 saturated heterocycles. The third-order valence-corrected chi connectivity index (χ3v) is 3.00. The maximum Gasteiger partial charge on any atom is 0.201 e. The Morgan fingerprint density at radius 2 is 1.96 bits per heavy atom. The minimum Gasteiger partial charge on any atom is -0.487 e. The van der Waals surface area contributed by atoms with Crippen molar-refractivity contribution in [2.45, 2.75) is 6.61 Å². The van der Waals surface area contributed by atoms with Crippen molar-refractivity contribution in [3.05, 3.63) is 59.7 Å². The van der Waals surface area contributed by atoms with Crippen LogP contribution in [0.15, 0.2) is 53.6 Å². The quantitative estimate of drug-likeness (QED) is 0.427. The lowest BCUT2D eigenvalue weighted by Gasteiger charge is -2.10. The van der Waals surface area contributed by atoms with Crippen LogP contribution in [0.4, 0.5) is 5.69 Å². The van der Waals surface area contributed by atoms with Gasteiger partial charge in [-0.05, 0) is 17.7 Å². The highest BCUT2D eigenvalue weighted by atomic mass is 16.5. The first-order valence-corrected chi connectivity index (χ1v) is 6.93. The second kappa shape index (κ2) is 7.97. The molecular formula is C17H14N6O. The molecule has 0 atom stereocenters. The SMILES string of the molecule is N#C/C(=N\Nc1ccc(C#N)c(OCc2ccccc2)c1)C(=N)N. The number of hydrazone groups is 1. The van der Waals surface area contributed by atoms with Crippen molar-refractivity contribution in [1.82, 2.24) is 0 Å². The summed E-state index contributed by atoms with van der Waals surface area (Å²) >= 11 is 0. The lowest BCUT2D eigenvalue weighted by atomic mass is 10.2. The van der Waals surface area contributed by atoms with Crippen LogP contribution in [0.1, 0.15) is 11.1 Å². The number of nitrogens with two attached hydrogens (primary N) is 1. The number of hydrogen-bond acceptors (Lipinski definition) is 6. The summed E-state index contributed by atoms with van der Waals surface area (Å²) in [5.74, 6) is -0.0397. The van der Waals surface area contributed by atoms with Gasteiger partial charge in [-0.1, -0.05) is 30.3 Å². The van der Waals surface area contributed by atoms with E-state index in [2.05, 4.69) is 16.6 Å². The van der Waals surface area contributed by atoms with E-state index >= 15 is 0 Å². The first-order valence-electron chi connectivity index (χ1n) is 6.93. The molecule has 0 aliphatic heterocycles. The summed E-state index contributed by atoms with van der Waals surface area (Å²) in [6.07, 6.45) is 0. The molecular weight excluding hydrogens is 304 g/mol. The summed E-state index contributed by atoms with van der Waals surface area (Å²) in [5.41, 5.74) is 9.47. The molecule has 0 unspecified atom stereocenters. The molecule has 24 heavy (non-hydrogen) atoms. The molecule has 0 aliphatic carbocycles. The van der Waals surface area contributed by atoms with Gasteiger partial charge in [-0.15, -0.1) is 0 Å². The molecule has 7 heteroatoms. The molecule has 0 amide bonds. The van der Waals surface area contributed by atoms with Crippen LogP contribution in [0.5, 0.6) is 5.75 Å². The van der Waals surface area contributed by atoms with Gasteiger partial charge >= 0.3 is 0 Å². The molecule has 2 aromatic carbocycles. The molecule has 0 saturated carbocycles. The number of hydrogen-bond donors (Lipinski definition) is 3. The van der Waals surface area contributed by atoms with Gasteiger partial charge in [0, 0.05) is 6.07 Å². The van der Waals surface area contributed by atoms with Crippen LogP contribution >= 0.6 is 0 Å². The Bertz CT molecular complexity index is 846. The molecule has 0 radical (unpaired) electrons. The van der Waals surface area contributed by atoms with Gasteiger partial charge in [0.05, 0.1) is 11.3 Å². The summed E-state index contributed by atoms with van der Waals surface area (Å²) in [7, 11) is 0. The summed E-state index contributed by atoms with van der Waals surface area (Å²) in [6.45, 7) is 0.319. The van der Waals surface area contributed by atoms with Gasteiger partial charge in [0.25, 0.3) is 0 Å². The number of anilines is 1. The molecule has 7 nitrogen and oxygen atoms in total. The maximum absolute atomic E-state index is 9.17. The number of nitriles is 2. The Kier molecular flexibility index (Phi) is 5.49. The van der Waals surface area contributed by atoms with Gasteiger partial charge in [-0.3, -0.25) is 10.8 Å². The number of nitrogens with zero attached hydrogens (tertiary/aromatic N) is 3. The van der Waals surface area contributed by atoms with Gasteiger partial charge in [-0.2, -0.15) is 15.6 Å². The predicted molar refractivity (Wildman–Crippen MR) is 90.5 cm³/mol. The Hall–Kier alpha value is -3.84. The summed E-state index contributed by atoms with van der Waals surface area (Å²) in [6, 6.07) is 18.1. The fourth-order valence-electron chi connectivity index (χ4n) is 1.80. The first kappa shape index (κ1) is 16.5. The summed E-state index contributed by atoms with van der Waals surface area (Å²) in [5, 5.41) is 28.9. The molecule has 0 heterocycles. The molecule has 4 N–H and O–H groups in total. The maximum atomic E-state index is 9.17. The van der Waals surface area contributed by atoms with Crippen LogP contribution in [0.2, 0.25) is 0 Å². The molecule has 0 aromatic heterocycles. The van der Waals surface area contributed by atoms with Crippen LogP contribution in [0, 0.1) is 28.1 Å². The van der Waals surface area contributed by atoms with E-state index in [1.807, 2.05) is 30.3 Å². The minimum absolute atomic E-state index is 0.230. The monoisotopic (exact) mass is 318 g/mol. The van der Waals surface area contributed by atoms with E-state index in [1.54, 1.807) is 24.3 Å². The Labute approximate surface area is 139 Å². The van der Waals surface area contributed by atoms with Gasteiger partial charge in [0.2, 0.25) is 5.71 Å². The lowest BCUT2D eigenvalue weighted by Crippen LogP contribution is -2.21. The smallest absolute Gasteiger partial charge is 0.201 e. The van der Waals surface area contributed by atoms with E-state index in [4.69, 9.17) is 26.4 Å². The fourth-order valence-corrected chi connectivity index (χ4v) is 1.80. The van der Waals surface area contributed by atoms with E-state index < -0.39 is 5.84 Å². The minimum atomic E-state index is -0.431. The average Bonchev–Trinajstić information content (AvgIpc) is 2.61. The molecule has 2 rings (SSSR count). The van der Waals surface area contributed by atoms with Crippen LogP contribution in [0.25, 0.3) is 0 Å². The largest absolute Gasteiger partial charge is 0.487 e. The predicted octanol–water partition coefficient (Wildman–Crippen LogP) is 2.36. The number of amidine groups is 1.